The minimum Gasteiger partial charge on any atom is -0.480 e. The van der Waals surface area contributed by atoms with Crippen LogP contribution < -0.4 is 4.74 Å². The molecule has 2 aliphatic rings. The summed E-state index contributed by atoms with van der Waals surface area (Å²) in [5.41, 5.74) is 1.50. The van der Waals surface area contributed by atoms with Crippen molar-refractivity contribution in [2.75, 3.05) is 13.7 Å². The molecule has 0 bridgehead atoms. The normalized spacial score (nSPS) is 20.0. The summed E-state index contributed by atoms with van der Waals surface area (Å²) < 4.78 is 6.25. The van der Waals surface area contributed by atoms with Crippen LogP contribution in [0.3, 0.4) is 0 Å². The van der Waals surface area contributed by atoms with Crippen molar-refractivity contribution in [2.24, 2.45) is 0 Å². The molecule has 26 heavy (non-hydrogen) atoms. The molecule has 0 radical (unpaired) electrons. The van der Waals surface area contributed by atoms with Gasteiger partial charge in [-0.2, -0.15) is 0 Å². The van der Waals surface area contributed by atoms with Crippen molar-refractivity contribution in [3.05, 3.63) is 33.9 Å². The average molecular weight is 433 g/mol. The zero-order chi connectivity index (χ0) is 18.7. The molecule has 0 unspecified atom stereocenters. The molecule has 2 fully saturated rings. The van der Waals surface area contributed by atoms with Crippen molar-refractivity contribution < 1.29 is 9.53 Å². The second-order valence-corrected chi connectivity index (χ2v) is 7.74. The van der Waals surface area contributed by atoms with Gasteiger partial charge in [0, 0.05) is 13.1 Å². The van der Waals surface area contributed by atoms with Crippen molar-refractivity contribution in [1.29, 1.82) is 0 Å². The lowest BCUT2D eigenvalue weighted by atomic mass is 9.94. The smallest absolute Gasteiger partial charge is 0.277 e. The Hall–Kier alpha value is -1.84. The predicted molar refractivity (Wildman–Crippen MR) is 111 cm³/mol. The van der Waals surface area contributed by atoms with E-state index < -0.39 is 0 Å². The highest BCUT2D eigenvalue weighted by atomic mass is 79.9. The molecular weight excluding hydrogens is 412 g/mol. The van der Waals surface area contributed by atoms with Gasteiger partial charge in [-0.1, -0.05) is 31.2 Å². The SMILES string of the molecule is C#CCOc1ccc(/C=C2/C(=O)N(C3CCCCC3)C(=S)N2C)cc1Br. The molecule has 1 aliphatic carbocycles. The second-order valence-electron chi connectivity index (χ2n) is 6.52. The maximum atomic E-state index is 13.0. The first-order chi connectivity index (χ1) is 12.5. The highest BCUT2D eigenvalue weighted by molar-refractivity contribution is 9.10. The van der Waals surface area contributed by atoms with Crippen molar-refractivity contribution in [3.8, 4) is 18.1 Å². The van der Waals surface area contributed by atoms with E-state index in [0.29, 0.717) is 16.6 Å². The molecule has 3 rings (SSSR count). The van der Waals surface area contributed by atoms with E-state index >= 15 is 0 Å². The van der Waals surface area contributed by atoms with Crippen LogP contribution in [-0.2, 0) is 4.79 Å². The van der Waals surface area contributed by atoms with Gasteiger partial charge in [0.2, 0.25) is 0 Å². The maximum absolute atomic E-state index is 13.0. The first kappa shape index (κ1) is 18.9. The second kappa shape index (κ2) is 8.24. The zero-order valence-electron chi connectivity index (χ0n) is 14.7. The molecule has 0 aromatic heterocycles. The number of likely N-dealkylation sites (N-methyl/N-ethyl adjacent to an activating group) is 1. The summed E-state index contributed by atoms with van der Waals surface area (Å²) in [5, 5.41) is 0.598. The summed E-state index contributed by atoms with van der Waals surface area (Å²) >= 11 is 9.04. The molecule has 4 nitrogen and oxygen atoms in total. The number of carbonyl (C=O) groups excluding carboxylic acids is 1. The Balaban J connectivity index is 1.84. The molecule has 6 heteroatoms. The van der Waals surface area contributed by atoms with Gasteiger partial charge in [-0.25, -0.2) is 0 Å². The summed E-state index contributed by atoms with van der Waals surface area (Å²) in [5.74, 6) is 3.11. The zero-order valence-corrected chi connectivity index (χ0v) is 17.1. The maximum Gasteiger partial charge on any atom is 0.277 e. The van der Waals surface area contributed by atoms with Crippen LogP contribution in [0.15, 0.2) is 28.4 Å². The quantitative estimate of drug-likeness (QED) is 0.405. The van der Waals surface area contributed by atoms with E-state index in [4.69, 9.17) is 23.4 Å². The van der Waals surface area contributed by atoms with Gasteiger partial charge in [0.15, 0.2) is 5.11 Å². The standard InChI is InChI=1S/C20H21BrN2O2S/c1-3-11-25-18-10-9-14(12-16(18)21)13-17-19(24)23(20(26)22(17)2)15-7-5-4-6-8-15/h1,9-10,12-13,15H,4-8,11H2,2H3/b17-13-. The Labute approximate surface area is 168 Å². The average Bonchev–Trinajstić information content (AvgIpc) is 2.85. The fourth-order valence-corrected chi connectivity index (χ4v) is 4.28. The van der Waals surface area contributed by atoms with Crippen LogP contribution in [0, 0.1) is 12.3 Å². The predicted octanol–water partition coefficient (Wildman–Crippen LogP) is 4.19. The Morgan fingerprint density at radius 3 is 2.77 bits per heavy atom. The van der Waals surface area contributed by atoms with E-state index in [1.807, 2.05) is 36.2 Å². The Bertz CT molecular complexity index is 793. The van der Waals surface area contributed by atoms with Crippen molar-refractivity contribution >= 4 is 45.2 Å². The highest BCUT2D eigenvalue weighted by Gasteiger charge is 2.40. The van der Waals surface area contributed by atoms with Gasteiger partial charge in [-0.05, 0) is 64.8 Å². The molecular formula is C20H21BrN2O2S. The summed E-state index contributed by atoms with van der Waals surface area (Å²) in [6, 6.07) is 5.87. The van der Waals surface area contributed by atoms with Crippen molar-refractivity contribution in [1.82, 2.24) is 9.80 Å². The Kier molecular flexibility index (Phi) is 6.00. The summed E-state index contributed by atoms with van der Waals surface area (Å²) in [6.07, 6.45) is 12.7. The minimum atomic E-state index is -0.00631. The van der Waals surface area contributed by atoms with Crippen molar-refractivity contribution in [2.45, 2.75) is 38.1 Å². The number of terminal acetylenes is 1. The van der Waals surface area contributed by atoms with Gasteiger partial charge in [-0.15, -0.1) is 6.42 Å². The van der Waals surface area contributed by atoms with Crippen LogP contribution in [-0.4, -0.2) is 40.5 Å². The molecule has 0 spiro atoms. The number of hydrogen-bond donors (Lipinski definition) is 0. The van der Waals surface area contributed by atoms with E-state index in [1.165, 1.54) is 6.42 Å². The number of halogens is 1. The number of thiocarbonyl (C=S) groups is 1. The number of nitrogens with zero attached hydrogens (tertiary/aromatic N) is 2. The third-order valence-corrected chi connectivity index (χ3v) is 5.89. The highest BCUT2D eigenvalue weighted by Crippen LogP contribution is 2.32. The number of ether oxygens (including phenoxy) is 1. The molecule has 1 aliphatic heterocycles. The number of hydrogen-bond acceptors (Lipinski definition) is 3. The lowest BCUT2D eigenvalue weighted by molar-refractivity contribution is -0.124. The monoisotopic (exact) mass is 432 g/mol. The number of rotatable bonds is 4. The van der Waals surface area contributed by atoms with Crippen molar-refractivity contribution in [3.63, 3.8) is 0 Å². The number of benzene rings is 1. The Morgan fingerprint density at radius 1 is 1.38 bits per heavy atom. The molecule has 0 N–H and O–H groups in total. The molecule has 1 aromatic rings. The molecule has 1 saturated heterocycles. The number of amides is 1. The van der Waals surface area contributed by atoms with Crippen LogP contribution in [0.1, 0.15) is 37.7 Å². The first-order valence-corrected chi connectivity index (χ1v) is 9.92. The van der Waals surface area contributed by atoms with Crippen LogP contribution in [0.2, 0.25) is 0 Å². The van der Waals surface area contributed by atoms with Crippen LogP contribution in [0.5, 0.6) is 5.75 Å². The Morgan fingerprint density at radius 2 is 2.12 bits per heavy atom. The summed E-state index contributed by atoms with van der Waals surface area (Å²) in [7, 11) is 1.86. The molecule has 1 aromatic carbocycles. The van der Waals surface area contributed by atoms with Gasteiger partial charge >= 0.3 is 0 Å². The van der Waals surface area contributed by atoms with E-state index in [-0.39, 0.29) is 18.6 Å². The van der Waals surface area contributed by atoms with Gasteiger partial charge in [0.25, 0.3) is 5.91 Å². The lowest BCUT2D eigenvalue weighted by Gasteiger charge is -2.30. The fraction of sp³-hybridized carbons (Fsp3) is 0.400. The van der Waals surface area contributed by atoms with E-state index in [2.05, 4.69) is 21.9 Å². The number of carbonyl (C=O) groups is 1. The molecule has 136 valence electrons. The van der Waals surface area contributed by atoms with Crippen LogP contribution in [0.4, 0.5) is 0 Å². The fourth-order valence-electron chi connectivity index (χ4n) is 3.44. The van der Waals surface area contributed by atoms with Gasteiger partial charge in [-0.3, -0.25) is 9.69 Å². The van der Waals surface area contributed by atoms with Crippen LogP contribution >= 0.6 is 28.1 Å². The van der Waals surface area contributed by atoms with E-state index in [0.717, 1.165) is 35.7 Å². The first-order valence-electron chi connectivity index (χ1n) is 8.71. The summed E-state index contributed by atoms with van der Waals surface area (Å²) in [6.45, 7) is 0.213. The third kappa shape index (κ3) is 3.79. The minimum absolute atomic E-state index is 0.00631. The molecule has 1 heterocycles. The molecule has 1 amide bonds. The molecule has 1 saturated carbocycles. The van der Waals surface area contributed by atoms with Gasteiger partial charge < -0.3 is 9.64 Å². The largest absolute Gasteiger partial charge is 0.480 e. The van der Waals surface area contributed by atoms with Gasteiger partial charge in [0.05, 0.1) is 4.47 Å². The third-order valence-electron chi connectivity index (χ3n) is 4.80. The topological polar surface area (TPSA) is 32.8 Å². The lowest BCUT2D eigenvalue weighted by Crippen LogP contribution is -2.41. The molecule has 0 atom stereocenters. The van der Waals surface area contributed by atoms with Gasteiger partial charge in [0.1, 0.15) is 18.1 Å². The van der Waals surface area contributed by atoms with E-state index in [9.17, 15) is 4.79 Å². The van der Waals surface area contributed by atoms with Crippen LogP contribution in [0.25, 0.3) is 6.08 Å². The van der Waals surface area contributed by atoms with E-state index in [1.54, 1.807) is 4.90 Å². The summed E-state index contributed by atoms with van der Waals surface area (Å²) in [4.78, 5) is 16.6.